The molecule has 102 valence electrons. The molecule has 1 N–H and O–H groups in total. The summed E-state index contributed by atoms with van der Waals surface area (Å²) in [6.07, 6.45) is 5.13. The van der Waals surface area contributed by atoms with Crippen LogP contribution >= 0.6 is 0 Å². The highest BCUT2D eigenvalue weighted by Crippen LogP contribution is 2.33. The van der Waals surface area contributed by atoms with Gasteiger partial charge < -0.3 is 10.1 Å². The van der Waals surface area contributed by atoms with Crippen molar-refractivity contribution in [3.8, 4) is 0 Å². The van der Waals surface area contributed by atoms with Crippen molar-refractivity contribution in [3.05, 3.63) is 0 Å². The molecule has 0 spiro atoms. The molecular weight excluding hydrogens is 210 g/mol. The second-order valence-electron chi connectivity index (χ2n) is 7.35. The van der Waals surface area contributed by atoms with Gasteiger partial charge in [-0.1, -0.05) is 13.8 Å². The molecule has 0 radical (unpaired) electrons. The van der Waals surface area contributed by atoms with E-state index in [1.54, 1.807) is 0 Å². The van der Waals surface area contributed by atoms with Crippen LogP contribution in [0, 0.1) is 11.3 Å². The molecule has 0 atom stereocenters. The van der Waals surface area contributed by atoms with Crippen molar-refractivity contribution in [1.29, 1.82) is 0 Å². The molecule has 0 unspecified atom stereocenters. The molecule has 0 aromatic heterocycles. The fraction of sp³-hybridized carbons (Fsp3) is 1.00. The first-order valence-electron chi connectivity index (χ1n) is 7.11. The second kappa shape index (κ2) is 6.19. The zero-order valence-corrected chi connectivity index (χ0v) is 12.4. The molecule has 0 bridgehead atoms. The number of rotatable bonds is 5. The van der Waals surface area contributed by atoms with Crippen LogP contribution in [0.1, 0.15) is 60.3 Å². The molecule has 0 aromatic rings. The molecule has 0 saturated carbocycles. The third-order valence-electron chi connectivity index (χ3n) is 3.64. The van der Waals surface area contributed by atoms with Gasteiger partial charge in [-0.15, -0.1) is 0 Å². The van der Waals surface area contributed by atoms with Crippen LogP contribution in [0.2, 0.25) is 0 Å². The molecule has 0 aliphatic carbocycles. The van der Waals surface area contributed by atoms with E-state index < -0.39 is 0 Å². The Balaban J connectivity index is 2.24. The van der Waals surface area contributed by atoms with Gasteiger partial charge >= 0.3 is 0 Å². The van der Waals surface area contributed by atoms with Gasteiger partial charge in [-0.3, -0.25) is 0 Å². The van der Waals surface area contributed by atoms with Gasteiger partial charge in [0.2, 0.25) is 0 Å². The van der Waals surface area contributed by atoms with E-state index in [4.69, 9.17) is 4.74 Å². The fourth-order valence-corrected chi connectivity index (χ4v) is 2.61. The van der Waals surface area contributed by atoms with E-state index in [0.29, 0.717) is 5.41 Å². The zero-order chi connectivity index (χ0) is 12.9. The minimum Gasteiger partial charge on any atom is -0.381 e. The van der Waals surface area contributed by atoms with E-state index in [1.807, 2.05) is 0 Å². The Morgan fingerprint density at radius 3 is 2.18 bits per heavy atom. The summed E-state index contributed by atoms with van der Waals surface area (Å²) in [5, 5.41) is 3.59. The Bertz CT molecular complexity index is 211. The average molecular weight is 241 g/mol. The van der Waals surface area contributed by atoms with Crippen LogP contribution in [0.3, 0.4) is 0 Å². The highest BCUT2D eigenvalue weighted by Gasteiger charge is 2.25. The summed E-state index contributed by atoms with van der Waals surface area (Å²) in [7, 11) is 0. The van der Waals surface area contributed by atoms with Crippen molar-refractivity contribution in [2.75, 3.05) is 19.8 Å². The molecule has 1 fully saturated rings. The Hall–Kier alpha value is -0.0800. The number of hydrogen-bond acceptors (Lipinski definition) is 2. The van der Waals surface area contributed by atoms with Crippen molar-refractivity contribution < 1.29 is 4.74 Å². The van der Waals surface area contributed by atoms with Crippen LogP contribution < -0.4 is 5.32 Å². The Kier molecular flexibility index (Phi) is 5.46. The van der Waals surface area contributed by atoms with Crippen molar-refractivity contribution in [2.45, 2.75) is 65.8 Å². The molecule has 1 aliphatic heterocycles. The maximum atomic E-state index is 5.43. The third kappa shape index (κ3) is 7.05. The Labute approximate surface area is 108 Å². The molecule has 2 heteroatoms. The maximum Gasteiger partial charge on any atom is 0.0468 e. The summed E-state index contributed by atoms with van der Waals surface area (Å²) in [6.45, 7) is 14.6. The molecule has 0 amide bonds. The van der Waals surface area contributed by atoms with Gasteiger partial charge in [0.05, 0.1) is 0 Å². The molecular formula is C15H31NO. The van der Waals surface area contributed by atoms with Gasteiger partial charge in [-0.2, -0.15) is 0 Å². The summed E-state index contributed by atoms with van der Waals surface area (Å²) in [6, 6.07) is 0. The minimum atomic E-state index is 0.245. The predicted molar refractivity (Wildman–Crippen MR) is 74.3 cm³/mol. The van der Waals surface area contributed by atoms with E-state index in [-0.39, 0.29) is 5.54 Å². The van der Waals surface area contributed by atoms with E-state index in [0.717, 1.165) is 25.7 Å². The van der Waals surface area contributed by atoms with E-state index in [2.05, 4.69) is 39.9 Å². The standard InChI is InChI=1S/C15H31NO/c1-14(2,3)16-9-8-15(4,5)12-13-6-10-17-11-7-13/h13,16H,6-12H2,1-5H3. The van der Waals surface area contributed by atoms with Gasteiger partial charge in [0.25, 0.3) is 0 Å². The maximum absolute atomic E-state index is 5.43. The SMILES string of the molecule is CC(C)(CCNC(C)(C)C)CC1CCOCC1. The van der Waals surface area contributed by atoms with Gasteiger partial charge in [0.15, 0.2) is 0 Å². The van der Waals surface area contributed by atoms with E-state index in [1.165, 1.54) is 25.7 Å². The number of hydrogen-bond donors (Lipinski definition) is 1. The summed E-state index contributed by atoms with van der Waals surface area (Å²) >= 11 is 0. The quantitative estimate of drug-likeness (QED) is 0.794. The summed E-state index contributed by atoms with van der Waals surface area (Å²) in [5.74, 6) is 0.883. The lowest BCUT2D eigenvalue weighted by Gasteiger charge is -2.33. The molecule has 2 nitrogen and oxygen atoms in total. The largest absolute Gasteiger partial charge is 0.381 e. The number of ether oxygens (including phenoxy) is 1. The van der Waals surface area contributed by atoms with Gasteiger partial charge in [-0.05, 0) is 64.3 Å². The molecule has 1 saturated heterocycles. The van der Waals surface area contributed by atoms with Crippen LogP contribution in [0.5, 0.6) is 0 Å². The van der Waals surface area contributed by atoms with Crippen LogP contribution in [-0.2, 0) is 4.74 Å². The normalized spacial score (nSPS) is 19.6. The van der Waals surface area contributed by atoms with Crippen molar-refractivity contribution >= 4 is 0 Å². The summed E-state index contributed by atoms with van der Waals surface area (Å²) in [4.78, 5) is 0. The van der Waals surface area contributed by atoms with E-state index >= 15 is 0 Å². The lowest BCUT2D eigenvalue weighted by atomic mass is 9.77. The fourth-order valence-electron chi connectivity index (χ4n) is 2.61. The second-order valence-corrected chi connectivity index (χ2v) is 7.35. The predicted octanol–water partition coefficient (Wildman–Crippen LogP) is 3.61. The zero-order valence-electron chi connectivity index (χ0n) is 12.4. The van der Waals surface area contributed by atoms with Crippen LogP contribution in [0.15, 0.2) is 0 Å². The third-order valence-corrected chi connectivity index (χ3v) is 3.64. The van der Waals surface area contributed by atoms with Gasteiger partial charge in [0.1, 0.15) is 0 Å². The highest BCUT2D eigenvalue weighted by atomic mass is 16.5. The number of nitrogens with one attached hydrogen (secondary N) is 1. The molecule has 1 rings (SSSR count). The van der Waals surface area contributed by atoms with Crippen molar-refractivity contribution in [2.24, 2.45) is 11.3 Å². The molecule has 0 aromatic carbocycles. The van der Waals surface area contributed by atoms with Crippen LogP contribution in [0.25, 0.3) is 0 Å². The average Bonchev–Trinajstić information content (AvgIpc) is 2.15. The van der Waals surface area contributed by atoms with Crippen LogP contribution in [-0.4, -0.2) is 25.3 Å². The van der Waals surface area contributed by atoms with Crippen molar-refractivity contribution in [1.82, 2.24) is 5.32 Å². The first-order chi connectivity index (χ1) is 7.79. The smallest absolute Gasteiger partial charge is 0.0468 e. The minimum absolute atomic E-state index is 0.245. The first kappa shape index (κ1) is 15.0. The Morgan fingerprint density at radius 2 is 1.65 bits per heavy atom. The summed E-state index contributed by atoms with van der Waals surface area (Å²) < 4.78 is 5.43. The molecule has 1 aliphatic rings. The highest BCUT2D eigenvalue weighted by molar-refractivity contribution is 4.78. The van der Waals surface area contributed by atoms with Crippen molar-refractivity contribution in [3.63, 3.8) is 0 Å². The van der Waals surface area contributed by atoms with Gasteiger partial charge in [-0.25, -0.2) is 0 Å². The lowest BCUT2D eigenvalue weighted by Crippen LogP contribution is -2.38. The Morgan fingerprint density at radius 1 is 1.06 bits per heavy atom. The van der Waals surface area contributed by atoms with Gasteiger partial charge in [0, 0.05) is 18.8 Å². The topological polar surface area (TPSA) is 21.3 Å². The van der Waals surface area contributed by atoms with E-state index in [9.17, 15) is 0 Å². The lowest BCUT2D eigenvalue weighted by molar-refractivity contribution is 0.0500. The molecule has 17 heavy (non-hydrogen) atoms. The monoisotopic (exact) mass is 241 g/mol. The summed E-state index contributed by atoms with van der Waals surface area (Å²) in [5.41, 5.74) is 0.703. The molecule has 1 heterocycles. The first-order valence-corrected chi connectivity index (χ1v) is 7.11. The van der Waals surface area contributed by atoms with Crippen LogP contribution in [0.4, 0.5) is 0 Å².